The number of nitrogens with one attached hydrogen (secondary N) is 2. The van der Waals surface area contributed by atoms with Crippen molar-refractivity contribution in [2.24, 2.45) is 0 Å². The van der Waals surface area contributed by atoms with Crippen molar-refractivity contribution in [2.75, 3.05) is 26.2 Å². The first-order chi connectivity index (χ1) is 11.0. The van der Waals surface area contributed by atoms with Gasteiger partial charge in [-0.1, -0.05) is 0 Å². The molecule has 1 aromatic rings. The van der Waals surface area contributed by atoms with E-state index in [0.717, 1.165) is 15.8 Å². The van der Waals surface area contributed by atoms with Crippen LogP contribution in [0.15, 0.2) is 11.0 Å². The van der Waals surface area contributed by atoms with Gasteiger partial charge in [-0.2, -0.15) is 0 Å². The molecule has 1 aromatic heterocycles. The van der Waals surface area contributed by atoms with Crippen molar-refractivity contribution >= 4 is 21.4 Å². The minimum atomic E-state index is -3.37. The molecule has 0 atom stereocenters. The first kappa shape index (κ1) is 17.4. The van der Waals surface area contributed by atoms with Gasteiger partial charge in [0.15, 0.2) is 0 Å². The molecule has 1 aliphatic heterocycles. The SMILES string of the molecule is Cc1cc(S(=O)(=O)NCCNC2CCN(C3CC3)CC2)c(C)s1. The highest BCUT2D eigenvalue weighted by Gasteiger charge is 2.31. The van der Waals surface area contributed by atoms with Crippen molar-refractivity contribution in [1.29, 1.82) is 0 Å². The van der Waals surface area contributed by atoms with Crippen molar-refractivity contribution < 1.29 is 8.42 Å². The topological polar surface area (TPSA) is 61.4 Å². The van der Waals surface area contributed by atoms with Gasteiger partial charge in [0, 0.05) is 34.9 Å². The maximum Gasteiger partial charge on any atom is 0.241 e. The summed E-state index contributed by atoms with van der Waals surface area (Å²) in [6.07, 6.45) is 5.10. The fourth-order valence-corrected chi connectivity index (χ4v) is 5.91. The average molecular weight is 358 g/mol. The third-order valence-electron chi connectivity index (χ3n) is 4.73. The number of hydrogen-bond donors (Lipinski definition) is 2. The predicted octanol–water partition coefficient (Wildman–Crippen LogP) is 1.86. The molecule has 0 radical (unpaired) electrons. The zero-order chi connectivity index (χ0) is 16.4. The Morgan fingerprint density at radius 2 is 1.87 bits per heavy atom. The quantitative estimate of drug-likeness (QED) is 0.731. The standard InChI is InChI=1S/C16H27N3O2S2/c1-12-11-16(13(2)22-12)23(20,21)18-8-7-17-14-5-9-19(10-6-14)15-3-4-15/h11,14-15,17-18H,3-10H2,1-2H3. The van der Waals surface area contributed by atoms with E-state index < -0.39 is 10.0 Å². The molecule has 1 saturated heterocycles. The van der Waals surface area contributed by atoms with Crippen LogP contribution in [-0.4, -0.2) is 51.6 Å². The molecule has 0 aromatic carbocycles. The van der Waals surface area contributed by atoms with Crippen LogP contribution in [-0.2, 0) is 10.0 Å². The number of sulfonamides is 1. The highest BCUT2D eigenvalue weighted by Crippen LogP contribution is 2.29. The first-order valence-electron chi connectivity index (χ1n) is 8.50. The maximum absolute atomic E-state index is 12.3. The van der Waals surface area contributed by atoms with Gasteiger partial charge in [0.1, 0.15) is 0 Å². The van der Waals surface area contributed by atoms with Gasteiger partial charge >= 0.3 is 0 Å². The molecule has 2 heterocycles. The van der Waals surface area contributed by atoms with E-state index >= 15 is 0 Å². The Morgan fingerprint density at radius 1 is 1.17 bits per heavy atom. The summed E-state index contributed by atoms with van der Waals surface area (Å²) < 4.78 is 27.3. The number of nitrogens with zero attached hydrogens (tertiary/aromatic N) is 1. The van der Waals surface area contributed by atoms with Gasteiger partial charge in [-0.3, -0.25) is 0 Å². The molecule has 2 aliphatic rings. The second kappa shape index (κ2) is 7.19. The van der Waals surface area contributed by atoms with Crippen molar-refractivity contribution in [1.82, 2.24) is 14.9 Å². The maximum atomic E-state index is 12.3. The molecule has 0 amide bonds. The first-order valence-corrected chi connectivity index (χ1v) is 10.8. The molecule has 0 spiro atoms. The Morgan fingerprint density at radius 3 is 2.43 bits per heavy atom. The fourth-order valence-electron chi connectivity index (χ4n) is 3.32. The summed E-state index contributed by atoms with van der Waals surface area (Å²) in [6, 6.07) is 3.14. The minimum absolute atomic E-state index is 0.428. The highest BCUT2D eigenvalue weighted by molar-refractivity contribution is 7.89. The molecule has 0 unspecified atom stereocenters. The van der Waals surface area contributed by atoms with Crippen LogP contribution in [0.25, 0.3) is 0 Å². The largest absolute Gasteiger partial charge is 0.313 e. The summed E-state index contributed by atoms with van der Waals surface area (Å²) in [5, 5.41) is 3.49. The number of likely N-dealkylation sites (tertiary alicyclic amines) is 1. The lowest BCUT2D eigenvalue weighted by molar-refractivity contribution is 0.190. The van der Waals surface area contributed by atoms with Crippen LogP contribution in [0.4, 0.5) is 0 Å². The number of aryl methyl sites for hydroxylation is 2. The molecule has 23 heavy (non-hydrogen) atoms. The summed E-state index contributed by atoms with van der Waals surface area (Å²) in [6.45, 7) is 7.29. The van der Waals surface area contributed by atoms with Crippen LogP contribution >= 0.6 is 11.3 Å². The highest BCUT2D eigenvalue weighted by atomic mass is 32.2. The van der Waals surface area contributed by atoms with Gasteiger partial charge in [0.25, 0.3) is 0 Å². The summed E-state index contributed by atoms with van der Waals surface area (Å²) >= 11 is 1.53. The Labute approximate surface area is 143 Å². The Hall–Kier alpha value is -0.470. The molecule has 0 bridgehead atoms. The molecule has 1 saturated carbocycles. The lowest BCUT2D eigenvalue weighted by Crippen LogP contribution is -2.45. The average Bonchev–Trinajstić information content (AvgIpc) is 3.29. The van der Waals surface area contributed by atoms with Crippen LogP contribution in [0, 0.1) is 13.8 Å². The van der Waals surface area contributed by atoms with E-state index in [1.165, 1.54) is 50.1 Å². The zero-order valence-electron chi connectivity index (χ0n) is 14.0. The molecule has 1 aliphatic carbocycles. The summed E-state index contributed by atoms with van der Waals surface area (Å²) in [5.74, 6) is 0. The summed E-state index contributed by atoms with van der Waals surface area (Å²) in [4.78, 5) is 4.92. The minimum Gasteiger partial charge on any atom is -0.313 e. The van der Waals surface area contributed by atoms with Crippen LogP contribution in [0.1, 0.15) is 35.4 Å². The number of rotatable bonds is 7. The van der Waals surface area contributed by atoms with Gasteiger partial charge in [-0.15, -0.1) is 11.3 Å². The van der Waals surface area contributed by atoms with E-state index in [2.05, 4.69) is 14.9 Å². The number of piperidine rings is 1. The normalized spacial score (nSPS) is 21.0. The van der Waals surface area contributed by atoms with E-state index in [9.17, 15) is 8.42 Å². The lowest BCUT2D eigenvalue weighted by atomic mass is 10.1. The molecule has 7 heteroatoms. The number of thiophene rings is 1. The molecule has 130 valence electrons. The van der Waals surface area contributed by atoms with Crippen molar-refractivity contribution in [3.63, 3.8) is 0 Å². The molecule has 5 nitrogen and oxygen atoms in total. The van der Waals surface area contributed by atoms with Crippen LogP contribution < -0.4 is 10.0 Å². The zero-order valence-corrected chi connectivity index (χ0v) is 15.6. The predicted molar refractivity (Wildman–Crippen MR) is 94.6 cm³/mol. The van der Waals surface area contributed by atoms with E-state index in [4.69, 9.17) is 0 Å². The van der Waals surface area contributed by atoms with Gasteiger partial charge in [0.2, 0.25) is 10.0 Å². The van der Waals surface area contributed by atoms with Crippen LogP contribution in [0.5, 0.6) is 0 Å². The van der Waals surface area contributed by atoms with Crippen LogP contribution in [0.3, 0.4) is 0 Å². The third kappa shape index (κ3) is 4.54. The van der Waals surface area contributed by atoms with Crippen molar-refractivity contribution in [2.45, 2.75) is 56.5 Å². The molecule has 3 rings (SSSR count). The van der Waals surface area contributed by atoms with E-state index in [1.54, 1.807) is 6.07 Å². The Balaban J connectivity index is 1.38. The smallest absolute Gasteiger partial charge is 0.241 e. The van der Waals surface area contributed by atoms with Gasteiger partial charge in [-0.25, -0.2) is 13.1 Å². The monoisotopic (exact) mass is 357 g/mol. The Kier molecular flexibility index (Phi) is 5.42. The third-order valence-corrected chi connectivity index (χ3v) is 7.41. The van der Waals surface area contributed by atoms with Gasteiger partial charge < -0.3 is 10.2 Å². The van der Waals surface area contributed by atoms with Gasteiger partial charge in [0.05, 0.1) is 4.90 Å². The second-order valence-corrected chi connectivity index (χ2v) is 9.87. The van der Waals surface area contributed by atoms with E-state index in [0.29, 0.717) is 24.0 Å². The van der Waals surface area contributed by atoms with Crippen molar-refractivity contribution in [3.8, 4) is 0 Å². The molecule has 2 N–H and O–H groups in total. The molecule has 2 fully saturated rings. The van der Waals surface area contributed by atoms with E-state index in [1.807, 2.05) is 13.8 Å². The second-order valence-electron chi connectivity index (χ2n) is 6.67. The Bertz CT molecular complexity index is 630. The number of hydrogen-bond acceptors (Lipinski definition) is 5. The molecular formula is C16H27N3O2S2. The van der Waals surface area contributed by atoms with Gasteiger partial charge in [-0.05, 0) is 58.7 Å². The lowest BCUT2D eigenvalue weighted by Gasteiger charge is -2.32. The van der Waals surface area contributed by atoms with E-state index in [-0.39, 0.29) is 0 Å². The summed E-state index contributed by atoms with van der Waals surface area (Å²) in [5.41, 5.74) is 0. The molecular weight excluding hydrogens is 330 g/mol. The summed E-state index contributed by atoms with van der Waals surface area (Å²) in [7, 11) is -3.37. The van der Waals surface area contributed by atoms with Crippen molar-refractivity contribution in [3.05, 3.63) is 15.8 Å². The van der Waals surface area contributed by atoms with Crippen LogP contribution in [0.2, 0.25) is 0 Å². The fraction of sp³-hybridized carbons (Fsp3) is 0.750.